The van der Waals surface area contributed by atoms with Gasteiger partial charge in [0.15, 0.2) is 0 Å². The van der Waals surface area contributed by atoms with E-state index in [1.807, 2.05) is 30.3 Å². The Hall–Kier alpha value is -4.58. The van der Waals surface area contributed by atoms with E-state index < -0.39 is 6.16 Å². The summed E-state index contributed by atoms with van der Waals surface area (Å²) >= 11 is 0. The molecule has 192 valence electrons. The molecular weight excluding hydrogens is 474 g/mol. The molecule has 0 bridgehead atoms. The highest BCUT2D eigenvalue weighted by atomic mass is 16.7. The molecule has 0 fully saturated rings. The molecule has 6 nitrogen and oxygen atoms in total. The molecule has 0 unspecified atom stereocenters. The number of para-hydroxylation sites is 1. The molecule has 5 rings (SSSR count). The summed E-state index contributed by atoms with van der Waals surface area (Å²) in [4.78, 5) is 16.1. The van der Waals surface area contributed by atoms with Gasteiger partial charge in [0.2, 0.25) is 0 Å². The summed E-state index contributed by atoms with van der Waals surface area (Å²) in [7, 11) is 0. The Morgan fingerprint density at radius 1 is 0.921 bits per heavy atom. The van der Waals surface area contributed by atoms with Gasteiger partial charge in [-0.05, 0) is 47.4 Å². The Morgan fingerprint density at radius 3 is 2.45 bits per heavy atom. The number of rotatable bonds is 10. The molecule has 0 spiro atoms. The smallest absolute Gasteiger partial charge is 0.449 e. The molecule has 0 saturated heterocycles. The van der Waals surface area contributed by atoms with Gasteiger partial charge >= 0.3 is 6.16 Å². The van der Waals surface area contributed by atoms with E-state index in [0.29, 0.717) is 12.3 Å². The van der Waals surface area contributed by atoms with Gasteiger partial charge in [0.25, 0.3) is 0 Å². The number of carboxylic acid groups (broad SMARTS) is 1. The molecule has 2 N–H and O–H groups in total. The topological polar surface area (TPSA) is 76.4 Å². The van der Waals surface area contributed by atoms with Crippen molar-refractivity contribution >= 4 is 22.9 Å². The van der Waals surface area contributed by atoms with Crippen LogP contribution in [0.1, 0.15) is 36.7 Å². The molecule has 6 heteroatoms. The first kappa shape index (κ1) is 25.1. The van der Waals surface area contributed by atoms with Crippen molar-refractivity contribution in [1.82, 2.24) is 9.55 Å². The van der Waals surface area contributed by atoms with Gasteiger partial charge < -0.3 is 19.7 Å². The molecule has 38 heavy (non-hydrogen) atoms. The molecule has 0 aliphatic carbocycles. The molecule has 0 aliphatic rings. The predicted molar refractivity (Wildman–Crippen MR) is 152 cm³/mol. The summed E-state index contributed by atoms with van der Waals surface area (Å²) in [6.07, 6.45) is 1.80. The minimum absolute atomic E-state index is 0.325. The predicted octanol–water partition coefficient (Wildman–Crippen LogP) is 7.76. The Kier molecular flexibility index (Phi) is 7.69. The lowest BCUT2D eigenvalue weighted by atomic mass is 10.0. The van der Waals surface area contributed by atoms with Gasteiger partial charge in [-0.1, -0.05) is 86.1 Å². The van der Waals surface area contributed by atoms with Crippen LogP contribution in [0.25, 0.3) is 22.2 Å². The third-order valence-electron chi connectivity index (χ3n) is 6.61. The van der Waals surface area contributed by atoms with Gasteiger partial charge in [-0.3, -0.25) is 0 Å². The van der Waals surface area contributed by atoms with E-state index in [-0.39, 0.29) is 0 Å². The Labute approximate surface area is 222 Å². The first-order valence-electron chi connectivity index (χ1n) is 13.0. The Bertz CT molecular complexity index is 1530. The first-order valence-corrected chi connectivity index (χ1v) is 13.0. The molecule has 1 heterocycles. The number of nitrogens with zero attached hydrogens (tertiary/aromatic N) is 2. The molecule has 0 atom stereocenters. The second-order valence-electron chi connectivity index (χ2n) is 9.32. The maximum atomic E-state index is 11.1. The van der Waals surface area contributed by atoms with Crippen molar-refractivity contribution in [2.45, 2.75) is 39.3 Å². The van der Waals surface area contributed by atoms with E-state index in [0.717, 1.165) is 65.0 Å². The van der Waals surface area contributed by atoms with Crippen LogP contribution in [0, 0.1) is 0 Å². The minimum atomic E-state index is -1.32. The van der Waals surface area contributed by atoms with Crippen LogP contribution < -0.4 is 10.1 Å². The lowest BCUT2D eigenvalue weighted by Crippen LogP contribution is -2.06. The number of carbonyl (C=O) groups is 1. The van der Waals surface area contributed by atoms with Gasteiger partial charge in [-0.15, -0.1) is 0 Å². The van der Waals surface area contributed by atoms with E-state index >= 15 is 0 Å². The van der Waals surface area contributed by atoms with Crippen LogP contribution in [-0.4, -0.2) is 20.8 Å². The molecular formula is C32H31N3O3. The van der Waals surface area contributed by atoms with Gasteiger partial charge in [0.1, 0.15) is 11.6 Å². The zero-order valence-electron chi connectivity index (χ0n) is 21.4. The molecule has 5 aromatic rings. The average Bonchev–Trinajstić information content (AvgIpc) is 3.28. The number of fused-ring (bicyclic) bond motifs is 1. The number of hydrogen-bond donors (Lipinski definition) is 2. The van der Waals surface area contributed by atoms with Crippen molar-refractivity contribution in [3.8, 4) is 16.9 Å². The lowest BCUT2D eigenvalue weighted by Gasteiger charge is -2.12. The molecule has 4 aromatic carbocycles. The number of ether oxygens (including phenoxy) is 1. The largest absolute Gasteiger partial charge is 0.511 e. The first-order chi connectivity index (χ1) is 18.6. The summed E-state index contributed by atoms with van der Waals surface area (Å²) < 4.78 is 7.29. The van der Waals surface area contributed by atoms with Crippen molar-refractivity contribution < 1.29 is 14.6 Å². The summed E-state index contributed by atoms with van der Waals surface area (Å²) in [5.41, 5.74) is 7.20. The van der Waals surface area contributed by atoms with Crippen molar-refractivity contribution in [1.29, 1.82) is 0 Å². The summed E-state index contributed by atoms with van der Waals surface area (Å²) in [6.45, 7) is 3.66. The van der Waals surface area contributed by atoms with Crippen molar-refractivity contribution in [3.05, 3.63) is 114 Å². The molecule has 1 aromatic heterocycles. The van der Waals surface area contributed by atoms with Crippen LogP contribution in [0.15, 0.2) is 97.1 Å². The fraction of sp³-hybridized carbons (Fsp3) is 0.188. The van der Waals surface area contributed by atoms with E-state index in [4.69, 9.17) is 14.8 Å². The third-order valence-corrected chi connectivity index (χ3v) is 6.61. The quantitative estimate of drug-likeness (QED) is 0.150. The highest BCUT2D eigenvalue weighted by Crippen LogP contribution is 2.31. The number of aryl methyl sites for hydroxylation is 1. The number of hydrogen-bond acceptors (Lipinski definition) is 4. The molecule has 0 radical (unpaired) electrons. The highest BCUT2D eigenvalue weighted by Gasteiger charge is 2.13. The number of aromatic nitrogens is 2. The Morgan fingerprint density at radius 2 is 1.68 bits per heavy atom. The second kappa shape index (κ2) is 11.6. The molecule has 0 amide bonds. The van der Waals surface area contributed by atoms with Crippen LogP contribution >= 0.6 is 0 Å². The standard InChI is InChI=1S/C32H31N3O3/c1-2-3-13-31-34-28-19-18-26(33-21-23-9-5-4-6-10-23)20-29(28)35(31)22-24-14-16-25(17-15-24)27-11-7-8-12-30(27)38-32(36)37/h4-12,14-20,33H,2-3,13,21-22H2,1H3,(H,36,37). The van der Waals surface area contributed by atoms with Crippen LogP contribution in [0.2, 0.25) is 0 Å². The van der Waals surface area contributed by atoms with Crippen LogP contribution in [0.3, 0.4) is 0 Å². The monoisotopic (exact) mass is 505 g/mol. The number of unbranched alkanes of at least 4 members (excludes halogenated alkanes) is 1. The molecule has 0 aliphatic heterocycles. The average molecular weight is 506 g/mol. The third kappa shape index (κ3) is 5.86. The second-order valence-corrected chi connectivity index (χ2v) is 9.32. The summed E-state index contributed by atoms with van der Waals surface area (Å²) in [6, 6.07) is 32.1. The van der Waals surface area contributed by atoms with Crippen LogP contribution in [0.5, 0.6) is 5.75 Å². The van der Waals surface area contributed by atoms with E-state index in [1.54, 1.807) is 12.1 Å². The number of imidazole rings is 1. The SMILES string of the molecule is CCCCc1nc2ccc(NCc3ccccc3)cc2n1Cc1ccc(-c2ccccc2OC(=O)O)cc1. The van der Waals surface area contributed by atoms with Gasteiger partial charge in [-0.25, -0.2) is 9.78 Å². The highest BCUT2D eigenvalue weighted by molar-refractivity contribution is 5.80. The number of benzene rings is 4. The van der Waals surface area contributed by atoms with E-state index in [2.05, 4.69) is 71.4 Å². The van der Waals surface area contributed by atoms with E-state index in [1.165, 1.54) is 5.56 Å². The Balaban J connectivity index is 1.42. The zero-order chi connectivity index (χ0) is 26.3. The number of nitrogens with one attached hydrogen (secondary N) is 1. The van der Waals surface area contributed by atoms with Crippen molar-refractivity contribution in [2.75, 3.05) is 5.32 Å². The minimum Gasteiger partial charge on any atom is -0.449 e. The van der Waals surface area contributed by atoms with E-state index in [9.17, 15) is 4.79 Å². The summed E-state index contributed by atoms with van der Waals surface area (Å²) in [5.74, 6) is 1.41. The normalized spacial score (nSPS) is 11.0. The van der Waals surface area contributed by atoms with Crippen molar-refractivity contribution in [2.24, 2.45) is 0 Å². The van der Waals surface area contributed by atoms with Crippen LogP contribution in [0.4, 0.5) is 10.5 Å². The maximum absolute atomic E-state index is 11.1. The van der Waals surface area contributed by atoms with Gasteiger partial charge in [0.05, 0.1) is 11.0 Å². The fourth-order valence-electron chi connectivity index (χ4n) is 4.65. The number of anilines is 1. The zero-order valence-corrected chi connectivity index (χ0v) is 21.4. The molecule has 0 saturated carbocycles. The van der Waals surface area contributed by atoms with Gasteiger partial charge in [0, 0.05) is 30.8 Å². The fourth-order valence-corrected chi connectivity index (χ4v) is 4.65. The lowest BCUT2D eigenvalue weighted by molar-refractivity contribution is 0.144. The van der Waals surface area contributed by atoms with Gasteiger partial charge in [-0.2, -0.15) is 0 Å². The van der Waals surface area contributed by atoms with Crippen molar-refractivity contribution in [3.63, 3.8) is 0 Å². The summed E-state index contributed by atoms with van der Waals surface area (Å²) in [5, 5.41) is 12.6. The van der Waals surface area contributed by atoms with Crippen LogP contribution in [-0.2, 0) is 19.5 Å². The maximum Gasteiger partial charge on any atom is 0.511 e.